The molecule has 0 radical (unpaired) electrons. The number of anilines is 1. The van der Waals surface area contributed by atoms with Crippen LogP contribution in [0.5, 0.6) is 11.5 Å². The quantitative estimate of drug-likeness (QED) is 0.538. The third kappa shape index (κ3) is 4.55. The van der Waals surface area contributed by atoms with Crippen LogP contribution in [0.2, 0.25) is 0 Å². The van der Waals surface area contributed by atoms with E-state index in [0.717, 1.165) is 5.56 Å². The second-order valence-corrected chi connectivity index (χ2v) is 7.33. The first-order valence-corrected chi connectivity index (χ1v) is 9.83. The van der Waals surface area contributed by atoms with Crippen molar-refractivity contribution in [2.45, 2.75) is 6.92 Å². The molecule has 1 aromatic heterocycles. The van der Waals surface area contributed by atoms with E-state index in [1.165, 1.54) is 6.07 Å². The largest absolute Gasteiger partial charge is 0.454 e. The van der Waals surface area contributed by atoms with Crippen molar-refractivity contribution >= 4 is 39.5 Å². The van der Waals surface area contributed by atoms with Gasteiger partial charge in [0.1, 0.15) is 5.70 Å². The van der Waals surface area contributed by atoms with Crippen LogP contribution in [-0.4, -0.2) is 18.6 Å². The Morgan fingerprint density at radius 2 is 1.77 bits per heavy atom. The normalized spacial score (nSPS) is 12.5. The molecule has 0 unspecified atom stereocenters. The van der Waals surface area contributed by atoms with Crippen LogP contribution in [0, 0.1) is 6.92 Å². The number of furan rings is 1. The molecule has 0 spiro atoms. The van der Waals surface area contributed by atoms with E-state index in [-0.39, 0.29) is 18.3 Å². The van der Waals surface area contributed by atoms with Crippen molar-refractivity contribution in [1.82, 2.24) is 5.32 Å². The number of ether oxygens (including phenoxy) is 2. The number of aryl methyl sites for hydroxylation is 1. The highest BCUT2D eigenvalue weighted by Gasteiger charge is 2.19. The minimum absolute atomic E-state index is 0.0481. The summed E-state index contributed by atoms with van der Waals surface area (Å²) >= 11 is 3.16. The van der Waals surface area contributed by atoms with E-state index in [9.17, 15) is 9.59 Å². The molecule has 8 heteroatoms. The molecule has 3 aromatic rings. The van der Waals surface area contributed by atoms with E-state index in [2.05, 4.69) is 26.6 Å². The third-order valence-corrected chi connectivity index (χ3v) is 4.73. The molecule has 30 heavy (non-hydrogen) atoms. The summed E-state index contributed by atoms with van der Waals surface area (Å²) in [5.74, 6) is 0.245. The van der Waals surface area contributed by atoms with Crippen molar-refractivity contribution in [3.8, 4) is 11.5 Å². The maximum atomic E-state index is 12.9. The van der Waals surface area contributed by atoms with Gasteiger partial charge in [-0.25, -0.2) is 0 Å². The van der Waals surface area contributed by atoms with Crippen molar-refractivity contribution in [3.63, 3.8) is 0 Å². The highest BCUT2D eigenvalue weighted by Crippen LogP contribution is 2.33. The van der Waals surface area contributed by atoms with Gasteiger partial charge in [0.2, 0.25) is 6.79 Å². The average Bonchev–Trinajstić information content (AvgIpc) is 3.37. The average molecular weight is 469 g/mol. The fraction of sp³-hybridized carbons (Fsp3) is 0.0909. The smallest absolute Gasteiger partial charge is 0.291 e. The molecule has 0 bridgehead atoms. The van der Waals surface area contributed by atoms with Gasteiger partial charge in [-0.2, -0.15) is 0 Å². The second-order valence-electron chi connectivity index (χ2n) is 6.55. The minimum atomic E-state index is -0.549. The lowest BCUT2D eigenvalue weighted by Gasteiger charge is -2.11. The molecular weight excluding hydrogens is 452 g/mol. The van der Waals surface area contributed by atoms with Gasteiger partial charge in [0.25, 0.3) is 11.8 Å². The molecule has 1 aliphatic rings. The van der Waals surface area contributed by atoms with Gasteiger partial charge < -0.3 is 24.5 Å². The number of hydrogen-bond donors (Lipinski definition) is 2. The molecule has 7 nitrogen and oxygen atoms in total. The lowest BCUT2D eigenvalue weighted by atomic mass is 10.1. The third-order valence-electron chi connectivity index (χ3n) is 4.31. The van der Waals surface area contributed by atoms with Crippen molar-refractivity contribution in [2.24, 2.45) is 0 Å². The summed E-state index contributed by atoms with van der Waals surface area (Å²) in [5.41, 5.74) is 2.39. The maximum absolute atomic E-state index is 12.9. The van der Waals surface area contributed by atoms with Crippen LogP contribution in [0.25, 0.3) is 6.08 Å². The van der Waals surface area contributed by atoms with Crippen molar-refractivity contribution in [2.75, 3.05) is 12.1 Å². The summed E-state index contributed by atoms with van der Waals surface area (Å²) in [6.45, 7) is 2.10. The van der Waals surface area contributed by atoms with Gasteiger partial charge in [-0.3, -0.25) is 9.59 Å². The van der Waals surface area contributed by atoms with Crippen LogP contribution in [-0.2, 0) is 4.79 Å². The van der Waals surface area contributed by atoms with Crippen molar-refractivity contribution in [1.29, 1.82) is 0 Å². The van der Waals surface area contributed by atoms with Crippen LogP contribution in [0.15, 0.2) is 69.4 Å². The molecule has 0 saturated carbocycles. The van der Waals surface area contributed by atoms with Gasteiger partial charge >= 0.3 is 0 Å². The summed E-state index contributed by atoms with van der Waals surface area (Å²) in [6.07, 6.45) is 1.56. The zero-order valence-corrected chi connectivity index (χ0v) is 17.5. The van der Waals surface area contributed by atoms with E-state index in [1.54, 1.807) is 42.5 Å². The number of hydrogen-bond acceptors (Lipinski definition) is 5. The van der Waals surface area contributed by atoms with Crippen molar-refractivity contribution in [3.05, 3.63) is 81.9 Å². The number of carbonyl (C=O) groups is 2. The van der Waals surface area contributed by atoms with Crippen LogP contribution < -0.4 is 20.1 Å². The molecule has 2 aromatic carbocycles. The number of fused-ring (bicyclic) bond motifs is 1. The summed E-state index contributed by atoms with van der Waals surface area (Å²) in [7, 11) is 0. The molecule has 152 valence electrons. The van der Waals surface area contributed by atoms with E-state index >= 15 is 0 Å². The van der Waals surface area contributed by atoms with Gasteiger partial charge in [-0.05, 0) is 70.9 Å². The maximum Gasteiger partial charge on any atom is 0.291 e. The number of amides is 2. The monoisotopic (exact) mass is 468 g/mol. The second kappa shape index (κ2) is 8.46. The fourth-order valence-corrected chi connectivity index (χ4v) is 3.09. The molecule has 4 rings (SSSR count). The van der Waals surface area contributed by atoms with Gasteiger partial charge in [0.05, 0.1) is 0 Å². The summed E-state index contributed by atoms with van der Waals surface area (Å²) in [5, 5.41) is 5.40. The first-order valence-electron chi connectivity index (χ1n) is 9.04. The topological polar surface area (TPSA) is 89.8 Å². The number of carbonyl (C=O) groups excluding carboxylic acids is 2. The van der Waals surface area contributed by atoms with Crippen LogP contribution in [0.1, 0.15) is 21.7 Å². The van der Waals surface area contributed by atoms with Gasteiger partial charge in [-0.1, -0.05) is 23.8 Å². The lowest BCUT2D eigenvalue weighted by Crippen LogP contribution is -2.30. The Morgan fingerprint density at radius 1 is 1.00 bits per heavy atom. The SMILES string of the molecule is Cc1ccc(NC(=O)/C(=C\c2ccc3c(c2)OCO3)NC(=O)c2ccc(Br)o2)cc1. The number of rotatable bonds is 5. The first-order chi connectivity index (χ1) is 14.5. The Labute approximate surface area is 180 Å². The number of nitrogens with one attached hydrogen (secondary N) is 2. The lowest BCUT2D eigenvalue weighted by molar-refractivity contribution is -0.113. The zero-order chi connectivity index (χ0) is 21.1. The Hall–Kier alpha value is -3.52. The molecule has 0 aliphatic carbocycles. The molecule has 0 saturated heterocycles. The predicted octanol–water partition coefficient (Wildman–Crippen LogP) is 4.49. The molecule has 0 atom stereocenters. The van der Waals surface area contributed by atoms with Gasteiger partial charge in [0.15, 0.2) is 21.9 Å². The van der Waals surface area contributed by atoms with Gasteiger partial charge in [-0.15, -0.1) is 0 Å². The summed E-state index contributed by atoms with van der Waals surface area (Å²) in [4.78, 5) is 25.5. The predicted molar refractivity (Wildman–Crippen MR) is 114 cm³/mol. The zero-order valence-electron chi connectivity index (χ0n) is 15.9. The molecule has 2 heterocycles. The highest BCUT2D eigenvalue weighted by atomic mass is 79.9. The van der Waals surface area contributed by atoms with Crippen molar-refractivity contribution < 1.29 is 23.5 Å². The number of halogens is 1. The summed E-state index contributed by atoms with van der Waals surface area (Å²) in [6, 6.07) is 15.7. The molecule has 1 aliphatic heterocycles. The molecule has 2 N–H and O–H groups in total. The van der Waals surface area contributed by atoms with E-state index in [0.29, 0.717) is 27.4 Å². The standard InChI is InChI=1S/C22H17BrN2O5/c1-13-2-5-15(6-3-13)24-21(26)16(25-22(27)18-8-9-20(23)30-18)10-14-4-7-17-19(11-14)29-12-28-17/h2-11H,12H2,1H3,(H,24,26)(H,25,27)/b16-10+. The minimum Gasteiger partial charge on any atom is -0.454 e. The molecular formula is C22H17BrN2O5. The first kappa shape index (κ1) is 19.8. The molecule has 0 fully saturated rings. The Balaban J connectivity index is 1.62. The Bertz CT molecular complexity index is 1130. The Kier molecular flexibility index (Phi) is 5.58. The fourth-order valence-electron chi connectivity index (χ4n) is 2.78. The van der Waals surface area contributed by atoms with E-state index in [4.69, 9.17) is 13.9 Å². The summed E-state index contributed by atoms with van der Waals surface area (Å²) < 4.78 is 16.4. The number of benzene rings is 2. The Morgan fingerprint density at radius 3 is 2.50 bits per heavy atom. The van der Waals surface area contributed by atoms with Crippen LogP contribution in [0.4, 0.5) is 5.69 Å². The van der Waals surface area contributed by atoms with Crippen LogP contribution >= 0.6 is 15.9 Å². The highest BCUT2D eigenvalue weighted by molar-refractivity contribution is 9.10. The van der Waals surface area contributed by atoms with Gasteiger partial charge in [0, 0.05) is 5.69 Å². The van der Waals surface area contributed by atoms with E-state index < -0.39 is 11.8 Å². The molecule has 2 amide bonds. The van der Waals surface area contributed by atoms with E-state index in [1.807, 2.05) is 19.1 Å². The van der Waals surface area contributed by atoms with Crippen LogP contribution in [0.3, 0.4) is 0 Å².